The molecule has 0 heterocycles. The summed E-state index contributed by atoms with van der Waals surface area (Å²) < 4.78 is 10.4. The van der Waals surface area contributed by atoms with E-state index in [-0.39, 0.29) is 12.1 Å². The molecule has 0 aromatic heterocycles. The van der Waals surface area contributed by atoms with Gasteiger partial charge in [0.2, 0.25) is 0 Å². The molecule has 20 heavy (non-hydrogen) atoms. The maximum absolute atomic E-state index is 11.8. The largest absolute Gasteiger partial charge is 0.444 e. The van der Waals surface area contributed by atoms with Gasteiger partial charge in [-0.15, -0.1) is 0 Å². The van der Waals surface area contributed by atoms with E-state index >= 15 is 0 Å². The van der Waals surface area contributed by atoms with Gasteiger partial charge in [0, 0.05) is 32.3 Å². The highest BCUT2D eigenvalue weighted by Gasteiger charge is 2.25. The summed E-state index contributed by atoms with van der Waals surface area (Å²) in [5.74, 6) is 0. The van der Waals surface area contributed by atoms with Crippen LogP contribution < -0.4 is 11.1 Å². The average Bonchev–Trinajstić information content (AvgIpc) is 2.31. The lowest BCUT2D eigenvalue weighted by Crippen LogP contribution is -2.55. The normalized spacial score (nSPS) is 15.0. The molecule has 0 saturated carbocycles. The van der Waals surface area contributed by atoms with Gasteiger partial charge in [0.05, 0.1) is 6.61 Å². The van der Waals surface area contributed by atoms with Crippen LogP contribution in [0.15, 0.2) is 0 Å². The molecule has 0 fully saturated rings. The van der Waals surface area contributed by atoms with Gasteiger partial charge in [-0.25, -0.2) is 4.79 Å². The van der Waals surface area contributed by atoms with Gasteiger partial charge in [0.25, 0.3) is 0 Å². The topological polar surface area (TPSA) is 76.8 Å². The second-order valence-corrected chi connectivity index (χ2v) is 5.86. The monoisotopic (exact) mass is 289 g/mol. The zero-order valence-corrected chi connectivity index (χ0v) is 13.7. The molecule has 6 heteroatoms. The minimum atomic E-state index is -0.498. The van der Waals surface area contributed by atoms with Gasteiger partial charge in [-0.2, -0.15) is 0 Å². The molecule has 0 aliphatic carbocycles. The van der Waals surface area contributed by atoms with Crippen LogP contribution in [0.4, 0.5) is 4.79 Å². The van der Waals surface area contributed by atoms with Gasteiger partial charge in [-0.1, -0.05) is 6.92 Å². The second-order valence-electron chi connectivity index (χ2n) is 5.86. The van der Waals surface area contributed by atoms with E-state index in [1.807, 2.05) is 27.7 Å². The smallest absolute Gasteiger partial charge is 0.407 e. The number of nitrogens with zero attached hydrogens (tertiary/aromatic N) is 1. The van der Waals surface area contributed by atoms with E-state index in [4.69, 9.17) is 15.2 Å². The van der Waals surface area contributed by atoms with Crippen LogP contribution in [0.25, 0.3) is 0 Å². The molecule has 0 spiro atoms. The maximum Gasteiger partial charge on any atom is 0.407 e. The molecule has 0 aliphatic heterocycles. The van der Waals surface area contributed by atoms with Gasteiger partial charge in [-0.3, -0.25) is 4.90 Å². The maximum atomic E-state index is 11.8. The zero-order chi connectivity index (χ0) is 15.8. The van der Waals surface area contributed by atoms with Crippen LogP contribution in [0.1, 0.15) is 34.6 Å². The summed E-state index contributed by atoms with van der Waals surface area (Å²) in [5, 5.41) is 2.86. The fourth-order valence-corrected chi connectivity index (χ4v) is 2.03. The molecular weight excluding hydrogens is 258 g/mol. The third-order valence-corrected chi connectivity index (χ3v) is 3.02. The summed E-state index contributed by atoms with van der Waals surface area (Å²) in [5.41, 5.74) is 5.35. The van der Waals surface area contributed by atoms with Crippen LogP contribution >= 0.6 is 0 Å². The van der Waals surface area contributed by atoms with Crippen LogP contribution in [0, 0.1) is 0 Å². The van der Waals surface area contributed by atoms with E-state index in [0.29, 0.717) is 13.2 Å². The Morgan fingerprint density at radius 3 is 2.40 bits per heavy atom. The molecule has 1 amide bonds. The Morgan fingerprint density at radius 1 is 1.40 bits per heavy atom. The number of methoxy groups -OCH3 is 1. The number of hydrogen-bond donors (Lipinski definition) is 2. The minimum Gasteiger partial charge on any atom is -0.444 e. The number of nitrogens with two attached hydrogens (primary N) is 1. The second kappa shape index (κ2) is 9.15. The predicted octanol–water partition coefficient (Wildman–Crippen LogP) is 1.20. The SMILES string of the molecule is CCN(CCOC)C(CN)C(C)NC(=O)OC(C)(C)C. The van der Waals surface area contributed by atoms with Gasteiger partial charge in [0.15, 0.2) is 0 Å². The van der Waals surface area contributed by atoms with E-state index in [2.05, 4.69) is 17.1 Å². The number of carbonyl (C=O) groups is 1. The molecule has 120 valence electrons. The Hall–Kier alpha value is -0.850. The average molecular weight is 289 g/mol. The molecule has 0 bridgehead atoms. The van der Waals surface area contributed by atoms with E-state index in [0.717, 1.165) is 13.1 Å². The highest BCUT2D eigenvalue weighted by atomic mass is 16.6. The first kappa shape index (κ1) is 19.1. The lowest BCUT2D eigenvalue weighted by molar-refractivity contribution is 0.0459. The fourth-order valence-electron chi connectivity index (χ4n) is 2.03. The van der Waals surface area contributed by atoms with Gasteiger partial charge < -0.3 is 20.5 Å². The van der Waals surface area contributed by atoms with E-state index < -0.39 is 11.7 Å². The zero-order valence-electron chi connectivity index (χ0n) is 13.7. The number of rotatable bonds is 8. The Bertz CT molecular complexity index is 279. The van der Waals surface area contributed by atoms with Crippen molar-refractivity contribution in [2.24, 2.45) is 5.73 Å². The van der Waals surface area contributed by atoms with Crippen molar-refractivity contribution in [3.05, 3.63) is 0 Å². The number of nitrogens with one attached hydrogen (secondary N) is 1. The van der Waals surface area contributed by atoms with Crippen LogP contribution in [-0.2, 0) is 9.47 Å². The molecule has 3 N–H and O–H groups in total. The molecule has 2 atom stereocenters. The Balaban J connectivity index is 4.51. The molecule has 2 unspecified atom stereocenters. The quantitative estimate of drug-likeness (QED) is 0.702. The number of likely N-dealkylation sites (N-methyl/N-ethyl adjacent to an activating group) is 1. The van der Waals surface area contributed by atoms with Gasteiger partial charge >= 0.3 is 6.09 Å². The predicted molar refractivity (Wildman–Crippen MR) is 80.8 cm³/mol. The molecule has 6 nitrogen and oxygen atoms in total. The molecule has 0 radical (unpaired) electrons. The number of alkyl carbamates (subject to hydrolysis) is 1. The van der Waals surface area contributed by atoms with Gasteiger partial charge in [-0.05, 0) is 34.2 Å². The molecule has 0 saturated heterocycles. The minimum absolute atomic E-state index is 0.0580. The Kier molecular flexibility index (Phi) is 8.76. The summed E-state index contributed by atoms with van der Waals surface area (Å²) in [7, 11) is 1.67. The van der Waals surface area contributed by atoms with Crippen molar-refractivity contribution >= 4 is 6.09 Å². The summed E-state index contributed by atoms with van der Waals surface area (Å²) >= 11 is 0. The summed E-state index contributed by atoms with van der Waals surface area (Å²) in [6.07, 6.45) is -0.411. The van der Waals surface area contributed by atoms with Crippen molar-refractivity contribution in [2.75, 3.05) is 33.4 Å². The van der Waals surface area contributed by atoms with Crippen molar-refractivity contribution in [1.29, 1.82) is 0 Å². The van der Waals surface area contributed by atoms with Crippen LogP contribution in [0.3, 0.4) is 0 Å². The van der Waals surface area contributed by atoms with Crippen molar-refractivity contribution in [1.82, 2.24) is 10.2 Å². The first-order valence-electron chi connectivity index (χ1n) is 7.17. The molecule has 0 aromatic carbocycles. The highest BCUT2D eigenvalue weighted by molar-refractivity contribution is 5.68. The highest BCUT2D eigenvalue weighted by Crippen LogP contribution is 2.09. The lowest BCUT2D eigenvalue weighted by Gasteiger charge is -2.34. The number of hydrogen-bond acceptors (Lipinski definition) is 5. The Morgan fingerprint density at radius 2 is 2.00 bits per heavy atom. The number of amides is 1. The molecular formula is C14H31N3O3. The first-order chi connectivity index (χ1) is 9.25. The van der Waals surface area contributed by atoms with Crippen molar-refractivity contribution in [3.8, 4) is 0 Å². The van der Waals surface area contributed by atoms with Crippen molar-refractivity contribution in [3.63, 3.8) is 0 Å². The Labute approximate surface area is 123 Å². The lowest BCUT2D eigenvalue weighted by atomic mass is 10.1. The molecule has 0 rings (SSSR count). The van der Waals surface area contributed by atoms with Crippen LogP contribution in [-0.4, -0.2) is 62.0 Å². The fraction of sp³-hybridized carbons (Fsp3) is 0.929. The molecule has 0 aliphatic rings. The first-order valence-corrected chi connectivity index (χ1v) is 7.17. The number of carbonyl (C=O) groups excluding carboxylic acids is 1. The van der Waals surface area contributed by atoms with Gasteiger partial charge in [0.1, 0.15) is 5.60 Å². The van der Waals surface area contributed by atoms with Crippen molar-refractivity contribution in [2.45, 2.75) is 52.3 Å². The summed E-state index contributed by atoms with van der Waals surface area (Å²) in [6, 6.07) is -0.0330. The third kappa shape index (κ3) is 7.67. The summed E-state index contributed by atoms with van der Waals surface area (Å²) in [4.78, 5) is 14.0. The standard InChI is InChI=1S/C14H31N3O3/c1-7-17(8-9-19-6)12(10-15)11(2)16-13(18)20-14(3,4)5/h11-12H,7-10,15H2,1-6H3,(H,16,18). The van der Waals surface area contributed by atoms with E-state index in [1.165, 1.54) is 0 Å². The molecule has 0 aromatic rings. The van der Waals surface area contributed by atoms with E-state index in [9.17, 15) is 4.79 Å². The number of ether oxygens (including phenoxy) is 2. The third-order valence-electron chi connectivity index (χ3n) is 3.02. The van der Waals surface area contributed by atoms with Crippen LogP contribution in [0.5, 0.6) is 0 Å². The van der Waals surface area contributed by atoms with Crippen molar-refractivity contribution < 1.29 is 14.3 Å². The van der Waals surface area contributed by atoms with E-state index in [1.54, 1.807) is 7.11 Å². The summed E-state index contributed by atoms with van der Waals surface area (Å²) in [6.45, 7) is 12.3. The van der Waals surface area contributed by atoms with Crippen LogP contribution in [0.2, 0.25) is 0 Å².